The average Bonchev–Trinajstić information content (AvgIpc) is 2.45. The lowest BCUT2D eigenvalue weighted by molar-refractivity contribution is -0.119. The highest BCUT2D eigenvalue weighted by Gasteiger charge is 2.25. The monoisotopic (exact) mass is 299 g/mol. The smallest absolute Gasteiger partial charge is 0.321 e. The number of nitrogens with two attached hydrogens (primary N) is 1. The van der Waals surface area contributed by atoms with Crippen molar-refractivity contribution in [2.45, 2.75) is 17.1 Å². The van der Waals surface area contributed by atoms with Crippen molar-refractivity contribution in [2.24, 2.45) is 0 Å². The molecule has 0 radical (unpaired) electrons. The van der Waals surface area contributed by atoms with Crippen LogP contribution >= 0.6 is 0 Å². The Morgan fingerprint density at radius 2 is 2.05 bits per heavy atom. The van der Waals surface area contributed by atoms with Crippen LogP contribution in [0.1, 0.15) is 6.92 Å². The molecule has 0 aromatic heterocycles. The van der Waals surface area contributed by atoms with Gasteiger partial charge < -0.3 is 15.8 Å². The zero-order chi connectivity index (χ0) is 15.3. The molecular weight excluding hydrogens is 282 g/mol. The molecule has 4 N–H and O–H groups in total. The molecule has 1 aromatic rings. The lowest BCUT2D eigenvalue weighted by Gasteiger charge is -2.14. The van der Waals surface area contributed by atoms with Gasteiger partial charge in [0.05, 0.1) is 22.8 Å². The van der Waals surface area contributed by atoms with E-state index < -0.39 is 28.0 Å². The number of hydrogen-bond acceptors (Lipinski definition) is 5. The van der Waals surface area contributed by atoms with Crippen LogP contribution in [0.25, 0.3) is 0 Å². The Balaban J connectivity index is 2.94. The molecule has 0 saturated carbocycles. The van der Waals surface area contributed by atoms with Gasteiger partial charge in [-0.25, -0.2) is 4.79 Å². The van der Waals surface area contributed by atoms with E-state index in [0.717, 1.165) is 0 Å². The zero-order valence-corrected chi connectivity index (χ0v) is 12.2. The topological polar surface area (TPSA) is 111 Å². The number of ether oxygens (including phenoxy) is 1. The second kappa shape index (κ2) is 6.90. The van der Waals surface area contributed by atoms with E-state index in [-0.39, 0.29) is 0 Å². The molecule has 20 heavy (non-hydrogen) atoms. The van der Waals surface area contributed by atoms with Crippen molar-refractivity contribution < 1.29 is 18.5 Å². The summed E-state index contributed by atoms with van der Waals surface area (Å²) in [5.41, 5.74) is 6.07. The molecule has 1 rings (SSSR count). The first-order valence-corrected chi connectivity index (χ1v) is 6.98. The maximum Gasteiger partial charge on any atom is 0.321 e. The summed E-state index contributed by atoms with van der Waals surface area (Å²) < 4.78 is 17.4. The number of hydrogen-bond donors (Lipinski definition) is 3. The van der Waals surface area contributed by atoms with E-state index in [2.05, 4.69) is 10.6 Å². The molecule has 2 unspecified atom stereocenters. The molecule has 110 valence electrons. The third-order valence-corrected chi connectivity index (χ3v) is 4.19. The van der Waals surface area contributed by atoms with Crippen molar-refractivity contribution in [1.82, 2.24) is 10.6 Å². The van der Waals surface area contributed by atoms with Crippen LogP contribution in [0.15, 0.2) is 23.1 Å². The standard InChI is InChI=1S/C12H17N3O4S/c1-7(11(16)15-12(17)14-2)20(18)10-5-4-8(13)6-9(10)19-3/h4-7H,13H2,1-3H3,(H2,14,15,16,17). The molecule has 1 aromatic carbocycles. The number of rotatable bonds is 4. The van der Waals surface area contributed by atoms with Gasteiger partial charge in [-0.2, -0.15) is 0 Å². The highest BCUT2D eigenvalue weighted by Crippen LogP contribution is 2.26. The van der Waals surface area contributed by atoms with Crippen LogP contribution in [0.3, 0.4) is 0 Å². The van der Waals surface area contributed by atoms with Gasteiger partial charge in [-0.1, -0.05) is 0 Å². The van der Waals surface area contributed by atoms with Gasteiger partial charge in [-0.3, -0.25) is 14.3 Å². The summed E-state index contributed by atoms with van der Waals surface area (Å²) in [6.45, 7) is 1.46. The number of amides is 3. The lowest BCUT2D eigenvalue weighted by atomic mass is 10.3. The van der Waals surface area contributed by atoms with E-state index in [1.165, 1.54) is 33.2 Å². The summed E-state index contributed by atoms with van der Waals surface area (Å²) in [7, 11) is 1.13. The lowest BCUT2D eigenvalue weighted by Crippen LogP contribution is -2.43. The van der Waals surface area contributed by atoms with Gasteiger partial charge in [0, 0.05) is 18.8 Å². The average molecular weight is 299 g/mol. The Morgan fingerprint density at radius 3 is 2.60 bits per heavy atom. The number of anilines is 1. The van der Waals surface area contributed by atoms with Crippen molar-refractivity contribution in [3.63, 3.8) is 0 Å². The number of imide groups is 1. The van der Waals surface area contributed by atoms with E-state index >= 15 is 0 Å². The zero-order valence-electron chi connectivity index (χ0n) is 11.4. The van der Waals surface area contributed by atoms with E-state index in [0.29, 0.717) is 16.3 Å². The highest BCUT2D eigenvalue weighted by molar-refractivity contribution is 7.86. The fourth-order valence-electron chi connectivity index (χ4n) is 1.41. The Morgan fingerprint density at radius 1 is 1.40 bits per heavy atom. The van der Waals surface area contributed by atoms with Crippen molar-refractivity contribution in [1.29, 1.82) is 0 Å². The fraction of sp³-hybridized carbons (Fsp3) is 0.333. The summed E-state index contributed by atoms with van der Waals surface area (Å²) in [5, 5.41) is 3.42. The number of nitrogen functional groups attached to an aromatic ring is 1. The minimum absolute atomic E-state index is 0.336. The van der Waals surface area contributed by atoms with E-state index in [1.807, 2.05) is 0 Å². The van der Waals surface area contributed by atoms with Crippen LogP contribution in [-0.2, 0) is 15.6 Å². The molecule has 0 aliphatic carbocycles. The normalized spacial score (nSPS) is 13.2. The first kappa shape index (κ1) is 16.0. The van der Waals surface area contributed by atoms with E-state index in [9.17, 15) is 13.8 Å². The fourth-order valence-corrected chi connectivity index (χ4v) is 2.59. The molecule has 8 heteroatoms. The SMILES string of the molecule is CNC(=O)NC(=O)C(C)S(=O)c1ccc(N)cc1OC. The van der Waals surface area contributed by atoms with Crippen LogP contribution < -0.4 is 21.1 Å². The maximum atomic E-state index is 12.3. The summed E-state index contributed by atoms with van der Waals surface area (Å²) in [5.74, 6) is -0.301. The van der Waals surface area contributed by atoms with Gasteiger partial charge in [0.1, 0.15) is 11.0 Å². The van der Waals surface area contributed by atoms with Crippen LogP contribution in [-0.4, -0.2) is 35.6 Å². The Kier molecular flexibility index (Phi) is 5.51. The molecule has 0 fully saturated rings. The minimum Gasteiger partial charge on any atom is -0.495 e. The van der Waals surface area contributed by atoms with Crippen molar-refractivity contribution in [2.75, 3.05) is 19.9 Å². The molecule has 0 aliphatic heterocycles. The second-order valence-electron chi connectivity index (χ2n) is 3.92. The van der Waals surface area contributed by atoms with E-state index in [4.69, 9.17) is 10.5 Å². The highest BCUT2D eigenvalue weighted by atomic mass is 32.2. The molecule has 0 spiro atoms. The summed E-state index contributed by atoms with van der Waals surface area (Å²) in [6, 6.07) is 3.98. The minimum atomic E-state index is -1.67. The molecule has 0 bridgehead atoms. The number of benzene rings is 1. The number of carbonyl (C=O) groups excluding carboxylic acids is 2. The molecule has 0 heterocycles. The predicted octanol–water partition coefficient (Wildman–Crippen LogP) is 0.229. The van der Waals surface area contributed by atoms with Crippen molar-refractivity contribution in [3.8, 4) is 5.75 Å². The van der Waals surface area contributed by atoms with Crippen LogP contribution in [0.5, 0.6) is 5.75 Å². The van der Waals surface area contributed by atoms with Gasteiger partial charge in [0.15, 0.2) is 0 Å². The van der Waals surface area contributed by atoms with Gasteiger partial charge in [0.25, 0.3) is 0 Å². The predicted molar refractivity (Wildman–Crippen MR) is 75.9 cm³/mol. The third-order valence-electron chi connectivity index (χ3n) is 2.56. The first-order valence-electron chi connectivity index (χ1n) is 5.77. The quantitative estimate of drug-likeness (QED) is 0.689. The second-order valence-corrected chi connectivity index (χ2v) is 5.66. The van der Waals surface area contributed by atoms with Gasteiger partial charge in [0.2, 0.25) is 5.91 Å². The number of methoxy groups -OCH3 is 1. The number of nitrogens with one attached hydrogen (secondary N) is 2. The molecule has 3 amide bonds. The largest absolute Gasteiger partial charge is 0.495 e. The molecule has 2 atom stereocenters. The van der Waals surface area contributed by atoms with Crippen LogP contribution in [0.2, 0.25) is 0 Å². The maximum absolute atomic E-state index is 12.3. The number of urea groups is 1. The van der Waals surface area contributed by atoms with E-state index in [1.54, 1.807) is 6.07 Å². The molecular formula is C12H17N3O4S. The van der Waals surface area contributed by atoms with Gasteiger partial charge >= 0.3 is 6.03 Å². The third kappa shape index (κ3) is 3.70. The Bertz CT molecular complexity index is 548. The first-order chi connectivity index (χ1) is 9.40. The number of carbonyl (C=O) groups is 2. The molecule has 0 aliphatic rings. The Labute approximate surface area is 119 Å². The van der Waals surface area contributed by atoms with Crippen LogP contribution in [0, 0.1) is 0 Å². The van der Waals surface area contributed by atoms with Crippen molar-refractivity contribution in [3.05, 3.63) is 18.2 Å². The molecule has 7 nitrogen and oxygen atoms in total. The molecule has 0 saturated heterocycles. The summed E-state index contributed by atoms with van der Waals surface area (Å²) >= 11 is 0. The van der Waals surface area contributed by atoms with Crippen LogP contribution in [0.4, 0.5) is 10.5 Å². The van der Waals surface area contributed by atoms with Gasteiger partial charge in [-0.15, -0.1) is 0 Å². The van der Waals surface area contributed by atoms with Crippen molar-refractivity contribution >= 4 is 28.4 Å². The summed E-state index contributed by atoms with van der Waals surface area (Å²) in [4.78, 5) is 23.2. The van der Waals surface area contributed by atoms with Gasteiger partial charge in [-0.05, 0) is 19.1 Å². The Hall–Kier alpha value is -2.09. The summed E-state index contributed by atoms with van der Waals surface area (Å²) in [6.07, 6.45) is 0.